The highest BCUT2D eigenvalue weighted by molar-refractivity contribution is 8.93. The Morgan fingerprint density at radius 1 is 1.18 bits per heavy atom. The lowest BCUT2D eigenvalue weighted by Crippen LogP contribution is -2.18. The second kappa shape index (κ2) is 17.3. The highest BCUT2D eigenvalue weighted by atomic mass is 79.9. The topological polar surface area (TPSA) is 20.3 Å². The molecule has 0 radical (unpaired) electrons. The molecule has 0 heterocycles. The molecule has 11 heavy (non-hydrogen) atoms. The maximum atomic E-state index is 10.3. The van der Waals surface area contributed by atoms with Crippen LogP contribution in [0.3, 0.4) is 0 Å². The standard InChI is InChI=1S/C5H9NO.4BrH/c1-4-5(7)6(2)3;;;;/h4H,1H2,2-3H3;4*1H. The molecule has 0 aliphatic carbocycles. The largest absolute Gasteiger partial charge is 0.345 e. The molecule has 1 amide bonds. The molecule has 0 aromatic rings. The lowest BCUT2D eigenvalue weighted by atomic mass is 10.5. The predicted octanol–water partition coefficient (Wildman–Crippen LogP) is 2.57. The van der Waals surface area contributed by atoms with E-state index in [1.54, 1.807) is 14.1 Å². The molecule has 0 unspecified atom stereocenters. The van der Waals surface area contributed by atoms with E-state index in [2.05, 4.69) is 6.58 Å². The summed E-state index contributed by atoms with van der Waals surface area (Å²) in [6.07, 6.45) is 1.28. The SMILES string of the molecule is Br.Br.Br.Br.C=CC(=O)N(C)C. The van der Waals surface area contributed by atoms with Gasteiger partial charge in [0.1, 0.15) is 0 Å². The number of halogens is 4. The highest BCUT2D eigenvalue weighted by Gasteiger charge is 1.91. The van der Waals surface area contributed by atoms with Crippen molar-refractivity contribution >= 4 is 73.8 Å². The van der Waals surface area contributed by atoms with Crippen LogP contribution in [0.5, 0.6) is 0 Å². The van der Waals surface area contributed by atoms with Crippen molar-refractivity contribution in [2.75, 3.05) is 14.1 Å². The minimum absolute atomic E-state index is 0. The van der Waals surface area contributed by atoms with E-state index >= 15 is 0 Å². The molecule has 0 spiro atoms. The summed E-state index contributed by atoms with van der Waals surface area (Å²) < 4.78 is 0. The number of carbonyl (C=O) groups excluding carboxylic acids is 1. The van der Waals surface area contributed by atoms with Crippen molar-refractivity contribution in [3.05, 3.63) is 12.7 Å². The van der Waals surface area contributed by atoms with Gasteiger partial charge in [-0.3, -0.25) is 4.79 Å². The number of likely N-dealkylation sites (N-methyl/N-ethyl adjacent to an activating group) is 1. The summed E-state index contributed by atoms with van der Waals surface area (Å²) in [5.74, 6) is -0.0556. The van der Waals surface area contributed by atoms with E-state index in [0.29, 0.717) is 0 Å². The summed E-state index contributed by atoms with van der Waals surface area (Å²) >= 11 is 0. The zero-order chi connectivity index (χ0) is 5.86. The van der Waals surface area contributed by atoms with Gasteiger partial charge in [-0.15, -0.1) is 67.9 Å². The normalized spacial score (nSPS) is 4.91. The Labute approximate surface area is 109 Å². The molecule has 72 valence electrons. The van der Waals surface area contributed by atoms with Crippen LogP contribution in [0.25, 0.3) is 0 Å². The average molecular weight is 423 g/mol. The summed E-state index contributed by atoms with van der Waals surface area (Å²) in [6.45, 7) is 3.29. The first-order valence-corrected chi connectivity index (χ1v) is 2.02. The average Bonchev–Trinajstić information content (AvgIpc) is 1.65. The van der Waals surface area contributed by atoms with Crippen LogP contribution in [0, 0.1) is 0 Å². The lowest BCUT2D eigenvalue weighted by Gasteiger charge is -2.03. The molecular formula is C5H13Br4NO. The van der Waals surface area contributed by atoms with Crippen molar-refractivity contribution in [2.45, 2.75) is 0 Å². The monoisotopic (exact) mass is 419 g/mol. The van der Waals surface area contributed by atoms with Crippen LogP contribution in [0.4, 0.5) is 0 Å². The van der Waals surface area contributed by atoms with Crippen LogP contribution in [0.15, 0.2) is 12.7 Å². The first kappa shape index (κ1) is 29.6. The van der Waals surface area contributed by atoms with Gasteiger partial charge in [0.15, 0.2) is 0 Å². The van der Waals surface area contributed by atoms with Gasteiger partial charge in [-0.25, -0.2) is 0 Å². The van der Waals surface area contributed by atoms with Crippen LogP contribution >= 0.6 is 67.9 Å². The number of hydrogen-bond donors (Lipinski definition) is 0. The summed E-state index contributed by atoms with van der Waals surface area (Å²) in [5, 5.41) is 0. The summed E-state index contributed by atoms with van der Waals surface area (Å²) in [7, 11) is 3.37. The van der Waals surface area contributed by atoms with Gasteiger partial charge in [-0.05, 0) is 6.08 Å². The Morgan fingerprint density at radius 2 is 1.45 bits per heavy atom. The lowest BCUT2D eigenvalue weighted by molar-refractivity contribution is -0.123. The van der Waals surface area contributed by atoms with E-state index in [9.17, 15) is 4.79 Å². The van der Waals surface area contributed by atoms with E-state index in [1.807, 2.05) is 0 Å². The Kier molecular flexibility index (Phi) is 46.4. The number of carbonyl (C=O) groups is 1. The molecule has 0 bridgehead atoms. The van der Waals surface area contributed by atoms with Crippen LogP contribution in [-0.4, -0.2) is 24.9 Å². The maximum Gasteiger partial charge on any atom is 0.245 e. The fourth-order valence-electron chi connectivity index (χ4n) is 0.183. The number of amides is 1. The third-order valence-electron chi connectivity index (χ3n) is 0.615. The summed E-state index contributed by atoms with van der Waals surface area (Å²) in [6, 6.07) is 0. The molecule has 0 saturated heterocycles. The first-order valence-electron chi connectivity index (χ1n) is 2.02. The molecule has 0 aliphatic rings. The van der Waals surface area contributed by atoms with Crippen molar-refractivity contribution in [3.63, 3.8) is 0 Å². The molecule has 0 N–H and O–H groups in total. The predicted molar refractivity (Wildman–Crippen MR) is 70.2 cm³/mol. The molecule has 0 aliphatic heterocycles. The van der Waals surface area contributed by atoms with Crippen LogP contribution in [0.1, 0.15) is 0 Å². The third-order valence-corrected chi connectivity index (χ3v) is 0.615. The van der Waals surface area contributed by atoms with Crippen molar-refractivity contribution < 1.29 is 4.79 Å². The fourth-order valence-corrected chi connectivity index (χ4v) is 0.183. The third kappa shape index (κ3) is 18.2. The quantitative estimate of drug-likeness (QED) is 0.595. The van der Waals surface area contributed by atoms with Gasteiger partial charge in [0, 0.05) is 14.1 Å². The summed E-state index contributed by atoms with van der Waals surface area (Å²) in [4.78, 5) is 11.8. The van der Waals surface area contributed by atoms with Gasteiger partial charge in [0.2, 0.25) is 5.91 Å². The minimum atomic E-state index is -0.0556. The number of nitrogens with zero attached hydrogens (tertiary/aromatic N) is 1. The zero-order valence-corrected chi connectivity index (χ0v) is 13.1. The molecule has 0 saturated carbocycles. The van der Waals surface area contributed by atoms with Crippen LogP contribution in [0.2, 0.25) is 0 Å². The van der Waals surface area contributed by atoms with Gasteiger partial charge in [0.05, 0.1) is 0 Å². The van der Waals surface area contributed by atoms with Crippen molar-refractivity contribution in [1.29, 1.82) is 0 Å². The molecule has 0 aromatic heterocycles. The Bertz CT molecular complexity index is 96.5. The molecular weight excluding hydrogens is 410 g/mol. The summed E-state index contributed by atoms with van der Waals surface area (Å²) in [5.41, 5.74) is 0. The van der Waals surface area contributed by atoms with E-state index in [-0.39, 0.29) is 73.8 Å². The molecule has 0 atom stereocenters. The van der Waals surface area contributed by atoms with Crippen LogP contribution in [-0.2, 0) is 4.79 Å². The fraction of sp³-hybridized carbons (Fsp3) is 0.400. The first-order chi connectivity index (χ1) is 3.18. The second-order valence-electron chi connectivity index (χ2n) is 1.44. The van der Waals surface area contributed by atoms with Gasteiger partial charge >= 0.3 is 0 Å². The van der Waals surface area contributed by atoms with Crippen LogP contribution < -0.4 is 0 Å². The Hall–Kier alpha value is 1.13. The molecule has 0 aromatic carbocycles. The molecule has 0 fully saturated rings. The Balaban J connectivity index is -0.0000000300. The van der Waals surface area contributed by atoms with E-state index in [4.69, 9.17) is 0 Å². The van der Waals surface area contributed by atoms with Crippen molar-refractivity contribution in [1.82, 2.24) is 4.90 Å². The van der Waals surface area contributed by atoms with Gasteiger partial charge < -0.3 is 4.90 Å². The van der Waals surface area contributed by atoms with E-state index in [1.165, 1.54) is 11.0 Å². The number of hydrogen-bond acceptors (Lipinski definition) is 1. The van der Waals surface area contributed by atoms with Gasteiger partial charge in [-0.2, -0.15) is 0 Å². The zero-order valence-electron chi connectivity index (χ0n) is 6.27. The minimum Gasteiger partial charge on any atom is -0.345 e. The van der Waals surface area contributed by atoms with Gasteiger partial charge in [0.25, 0.3) is 0 Å². The van der Waals surface area contributed by atoms with E-state index in [0.717, 1.165) is 0 Å². The van der Waals surface area contributed by atoms with Gasteiger partial charge in [-0.1, -0.05) is 6.58 Å². The maximum absolute atomic E-state index is 10.3. The number of rotatable bonds is 1. The van der Waals surface area contributed by atoms with Crippen molar-refractivity contribution in [3.8, 4) is 0 Å². The van der Waals surface area contributed by atoms with Crippen molar-refractivity contribution in [2.24, 2.45) is 0 Å². The highest BCUT2D eigenvalue weighted by Crippen LogP contribution is 1.74. The smallest absolute Gasteiger partial charge is 0.245 e. The molecule has 0 rings (SSSR count). The molecule has 6 heteroatoms. The second-order valence-corrected chi connectivity index (χ2v) is 1.44. The Morgan fingerprint density at radius 3 is 1.45 bits per heavy atom. The molecule has 2 nitrogen and oxygen atoms in total. The van der Waals surface area contributed by atoms with E-state index < -0.39 is 0 Å².